The molecule has 2 aromatic carbocycles. The first-order valence-electron chi connectivity index (χ1n) is 14.2. The predicted molar refractivity (Wildman–Crippen MR) is 160 cm³/mol. The first kappa shape index (κ1) is 30.3. The van der Waals surface area contributed by atoms with Gasteiger partial charge in [0.2, 0.25) is 5.43 Å². The molecule has 11 heteroatoms. The number of halogens is 4. The van der Waals surface area contributed by atoms with Gasteiger partial charge in [-0.05, 0) is 82.4 Å². The largest absolute Gasteiger partial charge is 0.418 e. The number of fused-ring (bicyclic) bond motifs is 1. The average Bonchev–Trinajstić information content (AvgIpc) is 2.98. The number of nitrogens with one attached hydrogen (secondary N) is 1. The first-order valence-corrected chi connectivity index (χ1v) is 15.0. The number of pyridine rings is 1. The lowest BCUT2D eigenvalue weighted by molar-refractivity contribution is -0.136. The summed E-state index contributed by atoms with van der Waals surface area (Å²) in [6.45, 7) is 7.36. The molecule has 0 saturated carbocycles. The van der Waals surface area contributed by atoms with E-state index in [0.29, 0.717) is 19.7 Å². The number of carbonyl (C=O) groups excluding carboxylic acids is 1. The van der Waals surface area contributed by atoms with E-state index in [1.54, 1.807) is 4.90 Å². The van der Waals surface area contributed by atoms with Gasteiger partial charge in [-0.25, -0.2) is 0 Å². The molecule has 3 heterocycles. The molecule has 3 aromatic rings. The second-order valence-corrected chi connectivity index (χ2v) is 12.1. The molecule has 0 aliphatic carbocycles. The molecule has 0 radical (unpaired) electrons. The fourth-order valence-electron chi connectivity index (χ4n) is 6.14. The minimum atomic E-state index is -4.61. The molecule has 0 bridgehead atoms. The highest BCUT2D eigenvalue weighted by molar-refractivity contribution is 9.10. The van der Waals surface area contributed by atoms with Gasteiger partial charge in [-0.2, -0.15) is 13.2 Å². The molecule has 42 heavy (non-hydrogen) atoms. The van der Waals surface area contributed by atoms with Crippen LogP contribution in [-0.4, -0.2) is 64.7 Å². The Morgan fingerprint density at radius 1 is 1.10 bits per heavy atom. The van der Waals surface area contributed by atoms with Crippen molar-refractivity contribution in [1.29, 1.82) is 0 Å². The van der Waals surface area contributed by atoms with Crippen molar-refractivity contribution in [2.45, 2.75) is 51.2 Å². The Kier molecular flexibility index (Phi) is 8.80. The Labute approximate surface area is 250 Å². The number of aromatic amines is 1. The quantitative estimate of drug-likeness (QED) is 0.246. The van der Waals surface area contributed by atoms with Gasteiger partial charge < -0.3 is 14.7 Å². The van der Waals surface area contributed by atoms with Crippen LogP contribution in [0.5, 0.6) is 0 Å². The number of hydrogen-bond acceptors (Lipinski definition) is 5. The maximum Gasteiger partial charge on any atom is 0.418 e. The van der Waals surface area contributed by atoms with Gasteiger partial charge in [-0.3, -0.25) is 14.5 Å². The van der Waals surface area contributed by atoms with Crippen LogP contribution in [0.3, 0.4) is 0 Å². The predicted octanol–water partition coefficient (Wildman–Crippen LogP) is 6.46. The monoisotopic (exact) mass is 646 g/mol. The number of para-hydroxylation sites is 1. The smallest absolute Gasteiger partial charge is 0.396 e. The van der Waals surface area contributed by atoms with E-state index in [2.05, 4.69) is 50.0 Å². The summed E-state index contributed by atoms with van der Waals surface area (Å²) in [5, 5.41) is 4.33. The van der Waals surface area contributed by atoms with Crippen LogP contribution in [0.25, 0.3) is 10.9 Å². The van der Waals surface area contributed by atoms with Crippen molar-refractivity contribution in [2.75, 3.05) is 32.8 Å². The molecular weight excluding hydrogens is 613 g/mol. The van der Waals surface area contributed by atoms with Crippen LogP contribution in [0.4, 0.5) is 13.2 Å². The second-order valence-electron chi connectivity index (χ2n) is 11.2. The van der Waals surface area contributed by atoms with Gasteiger partial charge in [0.15, 0.2) is 0 Å². The molecule has 0 atom stereocenters. The molecular formula is C31H34BrF3N4O3. The minimum absolute atomic E-state index is 0.103. The van der Waals surface area contributed by atoms with Crippen molar-refractivity contribution in [3.05, 3.63) is 80.0 Å². The van der Waals surface area contributed by atoms with Gasteiger partial charge in [-0.1, -0.05) is 39.3 Å². The molecule has 1 N–H and O–H groups in total. The van der Waals surface area contributed by atoms with Gasteiger partial charge in [0.25, 0.3) is 5.91 Å². The number of oxime groups is 1. The van der Waals surface area contributed by atoms with E-state index in [9.17, 15) is 22.8 Å². The summed E-state index contributed by atoms with van der Waals surface area (Å²) in [7, 11) is 0. The summed E-state index contributed by atoms with van der Waals surface area (Å²) >= 11 is 3.49. The number of H-pyrrole nitrogens is 1. The number of likely N-dealkylation sites (tertiary alicyclic amines) is 2. The summed E-state index contributed by atoms with van der Waals surface area (Å²) in [5.41, 5.74) is -0.143. The molecule has 7 nitrogen and oxygen atoms in total. The summed E-state index contributed by atoms with van der Waals surface area (Å²) in [6, 6.07) is 11.5. The maximum absolute atomic E-state index is 13.4. The summed E-state index contributed by atoms with van der Waals surface area (Å²) < 4.78 is 41.2. The van der Waals surface area contributed by atoms with E-state index in [1.807, 2.05) is 19.1 Å². The highest BCUT2D eigenvalue weighted by atomic mass is 79.9. The first-order chi connectivity index (χ1) is 20.0. The standard InChI is InChI=1S/C31H34BrF3N4O3/c1-3-42-37-26(20-7-9-22(32)10-8-20)21-11-15-39(16-12-21)30(2)13-17-38(18-14-30)29(41)24-19-36-27-23(28(24)40)5-4-6-25(27)31(33,34)35/h4-10,19,21H,3,11-18H2,1-2H3,(H,36,40). The number of aromatic nitrogens is 1. The van der Waals surface area contributed by atoms with Gasteiger partial charge in [0.1, 0.15) is 12.2 Å². The Hall–Kier alpha value is -3.18. The molecule has 224 valence electrons. The van der Waals surface area contributed by atoms with Crippen molar-refractivity contribution in [2.24, 2.45) is 11.1 Å². The summed E-state index contributed by atoms with van der Waals surface area (Å²) in [4.78, 5) is 38.6. The van der Waals surface area contributed by atoms with Gasteiger partial charge in [0.05, 0.1) is 16.8 Å². The molecule has 2 aliphatic heterocycles. The molecule has 0 unspecified atom stereocenters. The number of hydrogen-bond donors (Lipinski definition) is 1. The number of piperidine rings is 2. The third-order valence-electron chi connectivity index (χ3n) is 8.66. The Bertz CT molecular complexity index is 1520. The van der Waals surface area contributed by atoms with E-state index in [-0.39, 0.29) is 27.9 Å². The topological polar surface area (TPSA) is 78.0 Å². The summed E-state index contributed by atoms with van der Waals surface area (Å²) in [5.74, 6) is -0.181. The van der Waals surface area contributed by atoms with Crippen LogP contribution in [0.1, 0.15) is 61.0 Å². The molecule has 1 aromatic heterocycles. The van der Waals surface area contributed by atoms with Crippen LogP contribution in [0, 0.1) is 5.92 Å². The number of rotatable bonds is 6. The third-order valence-corrected chi connectivity index (χ3v) is 9.18. The normalized spacial score (nSPS) is 18.8. The van der Waals surface area contributed by atoms with E-state index in [0.717, 1.165) is 66.8 Å². The number of amides is 1. The lowest BCUT2D eigenvalue weighted by Gasteiger charge is -2.49. The molecule has 1 amide bonds. The number of alkyl halides is 3. The highest BCUT2D eigenvalue weighted by Crippen LogP contribution is 2.35. The van der Waals surface area contributed by atoms with Crippen molar-refractivity contribution in [3.63, 3.8) is 0 Å². The van der Waals surface area contributed by atoms with Crippen molar-refractivity contribution >= 4 is 38.5 Å². The number of nitrogens with zero attached hydrogens (tertiary/aromatic N) is 3. The Balaban J connectivity index is 1.24. The Morgan fingerprint density at radius 2 is 1.76 bits per heavy atom. The SMILES string of the molecule is CCON=C(c1ccc(Br)cc1)C1CCN(C2(C)CCN(C(=O)c3c[nH]c4c(C(F)(F)F)cccc4c3=O)CC2)CC1. The van der Waals surface area contributed by atoms with Gasteiger partial charge in [0, 0.05) is 40.6 Å². The zero-order chi connectivity index (χ0) is 30.1. The van der Waals surface area contributed by atoms with E-state index in [1.165, 1.54) is 12.1 Å². The van der Waals surface area contributed by atoms with Gasteiger partial charge >= 0.3 is 6.18 Å². The van der Waals surface area contributed by atoms with Crippen molar-refractivity contribution in [1.82, 2.24) is 14.8 Å². The van der Waals surface area contributed by atoms with Gasteiger partial charge in [-0.15, -0.1) is 0 Å². The molecule has 5 rings (SSSR count). The van der Waals surface area contributed by atoms with E-state index >= 15 is 0 Å². The third kappa shape index (κ3) is 6.13. The fraction of sp³-hybridized carbons (Fsp3) is 0.452. The van der Waals surface area contributed by atoms with E-state index in [4.69, 9.17) is 4.84 Å². The average molecular weight is 648 g/mol. The van der Waals surface area contributed by atoms with E-state index < -0.39 is 23.1 Å². The van der Waals surface area contributed by atoms with Crippen LogP contribution in [-0.2, 0) is 11.0 Å². The second kappa shape index (κ2) is 12.2. The van der Waals surface area contributed by atoms with Crippen LogP contribution >= 0.6 is 15.9 Å². The van der Waals surface area contributed by atoms with Crippen LogP contribution < -0.4 is 5.43 Å². The Morgan fingerprint density at radius 3 is 2.38 bits per heavy atom. The highest BCUT2D eigenvalue weighted by Gasteiger charge is 2.40. The maximum atomic E-state index is 13.4. The molecule has 2 aliphatic rings. The number of benzene rings is 2. The molecule has 2 fully saturated rings. The summed E-state index contributed by atoms with van der Waals surface area (Å²) in [6.07, 6.45) is -0.150. The zero-order valence-corrected chi connectivity index (χ0v) is 25.2. The zero-order valence-electron chi connectivity index (χ0n) is 23.6. The minimum Gasteiger partial charge on any atom is -0.396 e. The fourth-order valence-corrected chi connectivity index (χ4v) is 6.40. The molecule has 0 spiro atoms. The molecule has 2 saturated heterocycles. The number of carbonyl (C=O) groups is 1. The lowest BCUT2D eigenvalue weighted by Crippen LogP contribution is -2.57. The van der Waals surface area contributed by atoms with Crippen molar-refractivity contribution < 1.29 is 22.8 Å². The lowest BCUT2D eigenvalue weighted by atomic mass is 9.82. The van der Waals surface area contributed by atoms with Crippen LogP contribution in [0.2, 0.25) is 0 Å². The van der Waals surface area contributed by atoms with Crippen LogP contribution in [0.15, 0.2) is 63.1 Å². The van der Waals surface area contributed by atoms with Crippen molar-refractivity contribution in [3.8, 4) is 0 Å².